The summed E-state index contributed by atoms with van der Waals surface area (Å²) < 4.78 is 41.8. The number of ether oxygens (including phenoxy) is 2. The fraction of sp³-hybridized carbons (Fsp3) is 0.657. The van der Waals surface area contributed by atoms with Gasteiger partial charge in [-0.25, -0.2) is 0 Å². The average molecular weight is 627 g/mol. The lowest BCUT2D eigenvalue weighted by atomic mass is 9.91. The first kappa shape index (κ1) is 31.8. The molecule has 0 amide bonds. The van der Waals surface area contributed by atoms with E-state index in [-0.39, 0.29) is 19.6 Å². The van der Waals surface area contributed by atoms with Crippen molar-refractivity contribution < 1.29 is 27.2 Å². The van der Waals surface area contributed by atoms with Crippen molar-refractivity contribution in [2.75, 3.05) is 51.8 Å². The van der Waals surface area contributed by atoms with Crippen molar-refractivity contribution >= 4 is 10.1 Å². The van der Waals surface area contributed by atoms with Gasteiger partial charge in [0.05, 0.1) is 25.9 Å². The first-order chi connectivity index (χ1) is 21.4. The largest absolute Gasteiger partial charge is 0.493 e. The molecule has 2 heterocycles. The summed E-state index contributed by atoms with van der Waals surface area (Å²) >= 11 is 0. The highest BCUT2D eigenvalue weighted by molar-refractivity contribution is 7.86. The lowest BCUT2D eigenvalue weighted by Crippen LogP contribution is -2.41. The van der Waals surface area contributed by atoms with Crippen molar-refractivity contribution in [3.05, 3.63) is 58.7 Å². The van der Waals surface area contributed by atoms with Crippen LogP contribution in [0.1, 0.15) is 73.6 Å². The van der Waals surface area contributed by atoms with Gasteiger partial charge in [-0.15, -0.1) is 0 Å². The Kier molecular flexibility index (Phi) is 10.8. The number of benzene rings is 2. The zero-order valence-electron chi connectivity index (χ0n) is 26.1. The lowest BCUT2D eigenvalue weighted by Gasteiger charge is -2.36. The molecule has 0 bridgehead atoms. The Bertz CT molecular complexity index is 1340. The summed E-state index contributed by atoms with van der Waals surface area (Å²) in [6.07, 6.45) is 11.9. The summed E-state index contributed by atoms with van der Waals surface area (Å²) in [5.74, 6) is 1.16. The van der Waals surface area contributed by atoms with E-state index in [1.807, 2.05) is 12.1 Å². The summed E-state index contributed by atoms with van der Waals surface area (Å²) in [6.45, 7) is 5.12. The number of aliphatic hydroxyl groups is 1. The molecule has 0 radical (unpaired) electrons. The molecule has 44 heavy (non-hydrogen) atoms. The molecular formula is C35H50N2O6S. The van der Waals surface area contributed by atoms with Gasteiger partial charge in [-0.05, 0) is 97.9 Å². The van der Waals surface area contributed by atoms with Gasteiger partial charge in [0.2, 0.25) is 0 Å². The summed E-state index contributed by atoms with van der Waals surface area (Å²) in [6, 6.07) is 14.1. The van der Waals surface area contributed by atoms with Crippen molar-refractivity contribution in [2.24, 2.45) is 0 Å². The van der Waals surface area contributed by atoms with Gasteiger partial charge in [-0.2, -0.15) is 8.42 Å². The number of hydrogen-bond acceptors (Lipinski definition) is 8. The molecule has 2 aromatic rings. The van der Waals surface area contributed by atoms with E-state index >= 15 is 0 Å². The van der Waals surface area contributed by atoms with Crippen LogP contribution in [0.15, 0.2) is 36.4 Å². The second-order valence-electron chi connectivity index (χ2n) is 13.1. The summed E-state index contributed by atoms with van der Waals surface area (Å²) in [4.78, 5) is 5.28. The molecule has 242 valence electrons. The fourth-order valence-electron chi connectivity index (χ4n) is 6.97. The maximum Gasteiger partial charge on any atom is 0.269 e. The minimum Gasteiger partial charge on any atom is -0.493 e. The normalized spacial score (nSPS) is 20.8. The zero-order chi connectivity index (χ0) is 30.4. The predicted molar refractivity (Wildman–Crippen MR) is 172 cm³/mol. The lowest BCUT2D eigenvalue weighted by molar-refractivity contribution is 0.133. The second kappa shape index (κ2) is 14.9. The van der Waals surface area contributed by atoms with Gasteiger partial charge in [0, 0.05) is 51.1 Å². The maximum atomic E-state index is 12.4. The molecule has 9 heteroatoms. The van der Waals surface area contributed by atoms with Crippen LogP contribution in [0.2, 0.25) is 0 Å². The Hall–Kier alpha value is -2.17. The highest BCUT2D eigenvalue weighted by Gasteiger charge is 2.27. The fourth-order valence-corrected chi connectivity index (χ4v) is 8.07. The van der Waals surface area contributed by atoms with Gasteiger partial charge in [-0.3, -0.25) is 14.0 Å². The predicted octanol–water partition coefficient (Wildman–Crippen LogP) is 4.54. The second-order valence-corrected chi connectivity index (χ2v) is 14.8. The first-order valence-corrected chi connectivity index (χ1v) is 18.5. The van der Waals surface area contributed by atoms with Crippen LogP contribution in [0.5, 0.6) is 11.5 Å². The molecule has 1 unspecified atom stereocenters. The van der Waals surface area contributed by atoms with Gasteiger partial charge in [0.15, 0.2) is 0 Å². The first-order valence-electron chi connectivity index (χ1n) is 16.9. The van der Waals surface area contributed by atoms with Crippen LogP contribution in [-0.2, 0) is 40.0 Å². The zero-order valence-corrected chi connectivity index (χ0v) is 26.9. The van der Waals surface area contributed by atoms with E-state index in [2.05, 4.69) is 34.1 Å². The van der Waals surface area contributed by atoms with Gasteiger partial charge < -0.3 is 14.6 Å². The van der Waals surface area contributed by atoms with Gasteiger partial charge in [0.1, 0.15) is 17.3 Å². The Morgan fingerprint density at radius 3 is 1.70 bits per heavy atom. The van der Waals surface area contributed by atoms with Gasteiger partial charge >= 0.3 is 0 Å². The van der Waals surface area contributed by atoms with Gasteiger partial charge in [0.25, 0.3) is 10.1 Å². The van der Waals surface area contributed by atoms with Crippen LogP contribution >= 0.6 is 0 Å². The molecule has 0 saturated heterocycles. The van der Waals surface area contributed by atoms with E-state index in [0.29, 0.717) is 13.0 Å². The molecule has 8 nitrogen and oxygen atoms in total. The van der Waals surface area contributed by atoms with Crippen molar-refractivity contribution in [1.82, 2.24) is 9.80 Å². The van der Waals surface area contributed by atoms with Crippen LogP contribution in [0.25, 0.3) is 0 Å². The van der Waals surface area contributed by atoms with Crippen molar-refractivity contribution in [3.63, 3.8) is 0 Å². The van der Waals surface area contributed by atoms with Crippen LogP contribution in [-0.4, -0.2) is 93.3 Å². The van der Waals surface area contributed by atoms with Gasteiger partial charge in [-0.1, -0.05) is 25.0 Å². The van der Waals surface area contributed by atoms with E-state index in [4.69, 9.17) is 13.7 Å². The molecule has 2 saturated carbocycles. The highest BCUT2D eigenvalue weighted by atomic mass is 32.2. The molecule has 2 fully saturated rings. The molecule has 2 aliphatic carbocycles. The SMILES string of the molecule is O=S(=O)(CC(O)CCOc1ccc2c(c1)CCN(C1CCC1)CC2)OCCCOc1ccc2c(c1)CCN(C1CCC1)CC2. The van der Waals surface area contributed by atoms with Crippen LogP contribution in [0, 0.1) is 0 Å². The number of fused-ring (bicyclic) bond motifs is 2. The Morgan fingerprint density at radius 1 is 0.705 bits per heavy atom. The van der Waals surface area contributed by atoms with E-state index in [9.17, 15) is 13.5 Å². The molecule has 4 aliphatic rings. The molecule has 1 atom stereocenters. The maximum absolute atomic E-state index is 12.4. The average Bonchev–Trinajstić information content (AvgIpc) is 3.27. The Labute approximate surface area is 263 Å². The van der Waals surface area contributed by atoms with Crippen molar-refractivity contribution in [1.29, 1.82) is 0 Å². The Morgan fingerprint density at radius 2 is 1.20 bits per heavy atom. The van der Waals surface area contributed by atoms with E-state index in [1.54, 1.807) is 0 Å². The molecule has 1 N–H and O–H groups in total. The van der Waals surface area contributed by atoms with E-state index < -0.39 is 22.0 Å². The summed E-state index contributed by atoms with van der Waals surface area (Å²) in [5.41, 5.74) is 5.49. The minimum atomic E-state index is -3.84. The van der Waals surface area contributed by atoms with Crippen molar-refractivity contribution in [3.8, 4) is 11.5 Å². The summed E-state index contributed by atoms with van der Waals surface area (Å²) in [7, 11) is -3.84. The quantitative estimate of drug-likeness (QED) is 0.242. The molecule has 0 aromatic heterocycles. The summed E-state index contributed by atoms with van der Waals surface area (Å²) in [5, 5.41) is 10.4. The molecule has 0 spiro atoms. The third kappa shape index (κ3) is 8.55. The standard InChI is InChI=1S/C35H50N2O6S/c38-33(16-23-42-35-11-9-28-13-18-37(32-6-2-7-32)20-15-30(28)25-35)26-44(39,40)43-22-3-21-41-34-10-8-27-12-17-36(31-4-1-5-31)19-14-29(27)24-34/h8-11,24-25,31-33,38H,1-7,12-23,26H2. The number of rotatable bonds is 14. The van der Waals surface area contributed by atoms with Crippen LogP contribution < -0.4 is 9.47 Å². The minimum absolute atomic E-state index is 0.0279. The molecule has 2 aromatic carbocycles. The van der Waals surface area contributed by atoms with Crippen molar-refractivity contribution in [2.45, 2.75) is 95.2 Å². The monoisotopic (exact) mass is 626 g/mol. The topological polar surface area (TPSA) is 88.5 Å². The van der Waals surface area contributed by atoms with E-state index in [1.165, 1.54) is 60.8 Å². The highest BCUT2D eigenvalue weighted by Crippen LogP contribution is 2.30. The van der Waals surface area contributed by atoms with Crippen LogP contribution in [0.3, 0.4) is 0 Å². The smallest absolute Gasteiger partial charge is 0.269 e. The molecule has 6 rings (SSSR count). The molecular weight excluding hydrogens is 576 g/mol. The third-order valence-corrected chi connectivity index (χ3v) is 11.5. The Balaban J connectivity index is 0.858. The van der Waals surface area contributed by atoms with Crippen LogP contribution in [0.4, 0.5) is 0 Å². The molecule has 2 aliphatic heterocycles. The number of nitrogens with zero attached hydrogens (tertiary/aromatic N) is 2. The number of aliphatic hydroxyl groups excluding tert-OH is 1. The third-order valence-electron chi connectivity index (χ3n) is 10.1. The number of hydrogen-bond donors (Lipinski definition) is 1. The van der Waals surface area contributed by atoms with E-state index in [0.717, 1.165) is 75.4 Å².